The highest BCUT2D eigenvalue weighted by molar-refractivity contribution is 8.18. The van der Waals surface area contributed by atoms with Gasteiger partial charge in [-0.1, -0.05) is 30.3 Å². The third kappa shape index (κ3) is 3.76. The molecule has 1 aromatic heterocycles. The number of carbonyl (C=O) groups excluding carboxylic acids is 1. The Hall–Kier alpha value is -2.31. The Morgan fingerprint density at radius 2 is 1.85 bits per heavy atom. The summed E-state index contributed by atoms with van der Waals surface area (Å²) in [7, 11) is 1.98. The van der Waals surface area contributed by atoms with Crippen LogP contribution in [0.1, 0.15) is 11.3 Å². The molecule has 4 rings (SSSR count). The second-order valence-corrected chi connectivity index (χ2v) is 7.61. The van der Waals surface area contributed by atoms with Crippen LogP contribution < -0.4 is 0 Å². The standard InChI is InChI=1S/C20H22N4OS/c1-22-9-5-8-17(22)14-18-19(25)21-20(26-18)24-12-10-23(11-13-24)15-16-6-3-2-4-7-16/h2-9,14H,10-13,15H2,1H3. The van der Waals surface area contributed by atoms with Gasteiger partial charge in [0.15, 0.2) is 5.17 Å². The van der Waals surface area contributed by atoms with Gasteiger partial charge in [-0.2, -0.15) is 4.99 Å². The Bertz CT molecular complexity index is 848. The van der Waals surface area contributed by atoms with Crippen molar-refractivity contribution in [2.75, 3.05) is 26.2 Å². The highest BCUT2D eigenvalue weighted by Gasteiger charge is 2.28. The monoisotopic (exact) mass is 366 g/mol. The zero-order valence-electron chi connectivity index (χ0n) is 14.8. The number of amidine groups is 1. The van der Waals surface area contributed by atoms with Crippen molar-refractivity contribution >= 4 is 28.9 Å². The van der Waals surface area contributed by atoms with Crippen LogP contribution in [-0.4, -0.2) is 51.6 Å². The molecule has 5 nitrogen and oxygen atoms in total. The van der Waals surface area contributed by atoms with Crippen LogP contribution in [0, 0.1) is 0 Å². The van der Waals surface area contributed by atoms with Crippen molar-refractivity contribution in [3.05, 3.63) is 64.8 Å². The van der Waals surface area contributed by atoms with Crippen molar-refractivity contribution in [1.82, 2.24) is 14.4 Å². The van der Waals surface area contributed by atoms with Gasteiger partial charge in [0.1, 0.15) is 0 Å². The molecule has 0 radical (unpaired) electrons. The van der Waals surface area contributed by atoms with E-state index in [1.54, 1.807) is 0 Å². The maximum atomic E-state index is 12.2. The van der Waals surface area contributed by atoms with Crippen LogP contribution in [0.4, 0.5) is 0 Å². The molecular formula is C20H22N4OS. The summed E-state index contributed by atoms with van der Waals surface area (Å²) in [5.41, 5.74) is 2.36. The number of amides is 1. The molecule has 3 heterocycles. The van der Waals surface area contributed by atoms with E-state index < -0.39 is 0 Å². The molecule has 2 aliphatic heterocycles. The third-order valence-corrected chi connectivity index (χ3v) is 5.81. The predicted molar refractivity (Wildman–Crippen MR) is 107 cm³/mol. The number of carbonyl (C=O) groups is 1. The molecule has 0 atom stereocenters. The van der Waals surface area contributed by atoms with Crippen molar-refractivity contribution in [2.24, 2.45) is 12.0 Å². The smallest absolute Gasteiger partial charge is 0.286 e. The lowest BCUT2D eigenvalue weighted by atomic mass is 10.2. The van der Waals surface area contributed by atoms with E-state index in [0.29, 0.717) is 4.91 Å². The zero-order valence-corrected chi connectivity index (χ0v) is 15.7. The highest BCUT2D eigenvalue weighted by Crippen LogP contribution is 2.30. The molecule has 0 unspecified atom stereocenters. The van der Waals surface area contributed by atoms with Gasteiger partial charge in [-0.05, 0) is 35.5 Å². The van der Waals surface area contributed by atoms with Crippen molar-refractivity contribution in [3.63, 3.8) is 0 Å². The van der Waals surface area contributed by atoms with E-state index in [1.165, 1.54) is 17.3 Å². The van der Waals surface area contributed by atoms with E-state index >= 15 is 0 Å². The maximum Gasteiger partial charge on any atom is 0.286 e. The van der Waals surface area contributed by atoms with Gasteiger partial charge >= 0.3 is 0 Å². The summed E-state index contributed by atoms with van der Waals surface area (Å²) in [6.07, 6.45) is 3.90. The lowest BCUT2D eigenvalue weighted by Crippen LogP contribution is -2.47. The number of piperazine rings is 1. The summed E-state index contributed by atoms with van der Waals surface area (Å²) in [5, 5.41) is 0.842. The van der Waals surface area contributed by atoms with Gasteiger partial charge in [-0.25, -0.2) is 0 Å². The first-order valence-corrected chi connectivity index (χ1v) is 9.66. The molecule has 0 N–H and O–H groups in total. The van der Waals surface area contributed by atoms with Gasteiger partial charge in [0.2, 0.25) is 0 Å². The fourth-order valence-electron chi connectivity index (χ4n) is 3.23. The third-order valence-electron chi connectivity index (χ3n) is 4.76. The number of aromatic nitrogens is 1. The van der Waals surface area contributed by atoms with E-state index in [4.69, 9.17) is 0 Å². The number of hydrogen-bond donors (Lipinski definition) is 0. The van der Waals surface area contributed by atoms with Crippen molar-refractivity contribution in [2.45, 2.75) is 6.54 Å². The van der Waals surface area contributed by atoms with Gasteiger partial charge in [0, 0.05) is 51.7 Å². The quantitative estimate of drug-likeness (QED) is 0.784. The minimum absolute atomic E-state index is 0.127. The number of rotatable bonds is 3. The van der Waals surface area contributed by atoms with Crippen LogP contribution in [0.15, 0.2) is 58.6 Å². The van der Waals surface area contributed by atoms with Gasteiger partial charge < -0.3 is 9.47 Å². The topological polar surface area (TPSA) is 40.8 Å². The Labute approximate surface area is 158 Å². The van der Waals surface area contributed by atoms with E-state index in [0.717, 1.165) is 43.6 Å². The minimum Gasteiger partial charge on any atom is -0.351 e. The molecule has 26 heavy (non-hydrogen) atoms. The van der Waals surface area contributed by atoms with E-state index in [-0.39, 0.29) is 5.91 Å². The number of aliphatic imine (C=N–C) groups is 1. The molecule has 0 aliphatic carbocycles. The molecule has 1 fully saturated rings. The molecule has 2 aromatic rings. The van der Waals surface area contributed by atoms with Crippen LogP contribution in [0.5, 0.6) is 0 Å². The SMILES string of the molecule is Cn1cccc1C=C1SC(N2CCN(Cc3ccccc3)CC2)=NC1=O. The lowest BCUT2D eigenvalue weighted by molar-refractivity contribution is -0.113. The molecular weight excluding hydrogens is 344 g/mol. The van der Waals surface area contributed by atoms with Gasteiger partial charge in [0.05, 0.1) is 4.91 Å². The van der Waals surface area contributed by atoms with Crippen LogP contribution in [0.2, 0.25) is 0 Å². The molecule has 134 valence electrons. The molecule has 1 saturated heterocycles. The zero-order chi connectivity index (χ0) is 17.9. The Kier molecular flexibility index (Phi) is 4.95. The molecule has 6 heteroatoms. The van der Waals surface area contributed by atoms with Crippen LogP contribution in [0.3, 0.4) is 0 Å². The Morgan fingerprint density at radius 1 is 1.08 bits per heavy atom. The fourth-order valence-corrected chi connectivity index (χ4v) is 4.18. The summed E-state index contributed by atoms with van der Waals surface area (Å²) in [4.78, 5) is 21.9. The number of aryl methyl sites for hydroxylation is 1. The molecule has 0 saturated carbocycles. The molecule has 0 bridgehead atoms. The summed E-state index contributed by atoms with van der Waals surface area (Å²) in [5.74, 6) is -0.127. The Balaban J connectivity index is 1.35. The second kappa shape index (κ2) is 7.51. The number of hydrogen-bond acceptors (Lipinski definition) is 4. The number of thioether (sulfide) groups is 1. The first-order chi connectivity index (χ1) is 12.7. The van der Waals surface area contributed by atoms with E-state index in [1.807, 2.05) is 36.0 Å². The van der Waals surface area contributed by atoms with E-state index in [9.17, 15) is 4.79 Å². The van der Waals surface area contributed by atoms with Gasteiger partial charge in [0.25, 0.3) is 5.91 Å². The van der Waals surface area contributed by atoms with Crippen molar-refractivity contribution in [3.8, 4) is 0 Å². The number of nitrogens with zero attached hydrogens (tertiary/aromatic N) is 4. The lowest BCUT2D eigenvalue weighted by Gasteiger charge is -2.35. The average molecular weight is 366 g/mol. The summed E-state index contributed by atoms with van der Waals surface area (Å²) in [6, 6.07) is 14.5. The molecule has 2 aliphatic rings. The average Bonchev–Trinajstić information content (AvgIpc) is 3.23. The minimum atomic E-state index is -0.127. The largest absolute Gasteiger partial charge is 0.351 e. The van der Waals surface area contributed by atoms with Crippen LogP contribution >= 0.6 is 11.8 Å². The van der Waals surface area contributed by atoms with Crippen LogP contribution in [0.25, 0.3) is 6.08 Å². The molecule has 0 spiro atoms. The summed E-state index contributed by atoms with van der Waals surface area (Å²) < 4.78 is 2.00. The predicted octanol–water partition coefficient (Wildman–Crippen LogP) is 2.81. The second-order valence-electron chi connectivity index (χ2n) is 6.60. The molecule has 1 aromatic carbocycles. The first kappa shape index (κ1) is 17.1. The van der Waals surface area contributed by atoms with Gasteiger partial charge in [-0.15, -0.1) is 0 Å². The maximum absolute atomic E-state index is 12.2. The van der Waals surface area contributed by atoms with Crippen molar-refractivity contribution < 1.29 is 4.79 Å². The van der Waals surface area contributed by atoms with E-state index in [2.05, 4.69) is 45.1 Å². The number of benzene rings is 1. The highest BCUT2D eigenvalue weighted by atomic mass is 32.2. The fraction of sp³-hybridized carbons (Fsp3) is 0.300. The molecule has 1 amide bonds. The first-order valence-electron chi connectivity index (χ1n) is 8.84. The summed E-state index contributed by atoms with van der Waals surface area (Å²) in [6.45, 7) is 4.76. The summed E-state index contributed by atoms with van der Waals surface area (Å²) >= 11 is 1.49. The van der Waals surface area contributed by atoms with Crippen LogP contribution in [-0.2, 0) is 18.4 Å². The Morgan fingerprint density at radius 3 is 2.54 bits per heavy atom. The normalized spacial score (nSPS) is 20.0. The van der Waals surface area contributed by atoms with Gasteiger partial charge in [-0.3, -0.25) is 9.69 Å². The van der Waals surface area contributed by atoms with Crippen molar-refractivity contribution in [1.29, 1.82) is 0 Å².